The van der Waals surface area contributed by atoms with Gasteiger partial charge in [-0.15, -0.1) is 11.8 Å². The van der Waals surface area contributed by atoms with Crippen LogP contribution >= 0.6 is 11.8 Å². The molecule has 128 valence electrons. The molecule has 1 aliphatic heterocycles. The molecule has 0 unspecified atom stereocenters. The van der Waals surface area contributed by atoms with Gasteiger partial charge in [0.05, 0.1) is 13.7 Å². The molecule has 0 amide bonds. The van der Waals surface area contributed by atoms with Crippen LogP contribution in [0, 0.1) is 0 Å². The van der Waals surface area contributed by atoms with E-state index in [0.717, 1.165) is 29.3 Å². The Hall–Kier alpha value is -1.40. The molecule has 6 heteroatoms. The Balaban J connectivity index is 1.82. The maximum atomic E-state index is 5.98. The van der Waals surface area contributed by atoms with Gasteiger partial charge in [-0.05, 0) is 49.9 Å². The Bertz CT molecular complexity index is 515. The van der Waals surface area contributed by atoms with Crippen molar-refractivity contribution in [2.24, 2.45) is 10.9 Å². The summed E-state index contributed by atoms with van der Waals surface area (Å²) in [6.45, 7) is 3.29. The van der Waals surface area contributed by atoms with Crippen molar-refractivity contribution in [2.75, 3.05) is 33.0 Å². The average molecular weight is 337 g/mol. The molecule has 0 saturated carbocycles. The Labute approximate surface area is 143 Å². The highest BCUT2D eigenvalue weighted by Gasteiger charge is 2.10. The van der Waals surface area contributed by atoms with Gasteiger partial charge in [-0.3, -0.25) is 4.90 Å². The fraction of sp³-hybridized carbons (Fsp3) is 0.588. The number of oxime groups is 1. The molecule has 23 heavy (non-hydrogen) atoms. The molecule has 2 rings (SSSR count). The number of hydrogen-bond donors (Lipinski definition) is 1. The number of hydrogen-bond acceptors (Lipinski definition) is 5. The summed E-state index contributed by atoms with van der Waals surface area (Å²) in [5, 5.41) is 4.05. The zero-order chi connectivity index (χ0) is 16.5. The van der Waals surface area contributed by atoms with Gasteiger partial charge in [0.1, 0.15) is 12.4 Å². The SMILES string of the molecule is COc1cc(CON=C(N)CN2CCCCCC2)ccc1SC. The Morgan fingerprint density at radius 1 is 1.26 bits per heavy atom. The van der Waals surface area contributed by atoms with Gasteiger partial charge in [0.25, 0.3) is 0 Å². The van der Waals surface area contributed by atoms with Crippen molar-refractivity contribution in [1.82, 2.24) is 4.90 Å². The first-order valence-electron chi connectivity index (χ1n) is 8.10. The van der Waals surface area contributed by atoms with Crippen molar-refractivity contribution in [3.63, 3.8) is 0 Å². The lowest BCUT2D eigenvalue weighted by atomic mass is 10.2. The number of nitrogens with zero attached hydrogens (tertiary/aromatic N) is 2. The lowest BCUT2D eigenvalue weighted by Gasteiger charge is -2.18. The Kier molecular flexibility index (Phi) is 7.55. The summed E-state index contributed by atoms with van der Waals surface area (Å²) in [6, 6.07) is 6.04. The van der Waals surface area contributed by atoms with Crippen LogP contribution in [0.3, 0.4) is 0 Å². The molecule has 0 radical (unpaired) electrons. The molecular formula is C17H27N3O2S. The molecule has 0 bridgehead atoms. The highest BCUT2D eigenvalue weighted by atomic mass is 32.2. The molecule has 1 aromatic rings. The second-order valence-corrected chi connectivity index (χ2v) is 6.58. The number of methoxy groups -OCH3 is 1. The van der Waals surface area contributed by atoms with Crippen molar-refractivity contribution in [1.29, 1.82) is 0 Å². The van der Waals surface area contributed by atoms with Crippen molar-refractivity contribution < 1.29 is 9.57 Å². The number of thioether (sulfide) groups is 1. The summed E-state index contributed by atoms with van der Waals surface area (Å²) in [6.07, 6.45) is 7.16. The smallest absolute Gasteiger partial charge is 0.153 e. The molecule has 0 atom stereocenters. The minimum Gasteiger partial charge on any atom is -0.496 e. The van der Waals surface area contributed by atoms with Crippen molar-refractivity contribution in [3.8, 4) is 5.75 Å². The molecule has 1 saturated heterocycles. The summed E-state index contributed by atoms with van der Waals surface area (Å²) >= 11 is 1.66. The van der Waals surface area contributed by atoms with Crippen molar-refractivity contribution in [3.05, 3.63) is 23.8 Å². The zero-order valence-electron chi connectivity index (χ0n) is 14.1. The van der Waals surface area contributed by atoms with Gasteiger partial charge in [0.15, 0.2) is 5.84 Å². The first kappa shape index (κ1) is 17.9. The van der Waals surface area contributed by atoms with E-state index in [1.54, 1.807) is 18.9 Å². The molecule has 1 aromatic carbocycles. The van der Waals surface area contributed by atoms with Crippen LogP contribution < -0.4 is 10.5 Å². The quantitative estimate of drug-likeness (QED) is 0.359. The second kappa shape index (κ2) is 9.67. The van der Waals surface area contributed by atoms with E-state index < -0.39 is 0 Å². The van der Waals surface area contributed by atoms with Crippen molar-refractivity contribution in [2.45, 2.75) is 37.2 Å². The number of ether oxygens (including phenoxy) is 1. The van der Waals surface area contributed by atoms with Crippen LogP contribution in [-0.4, -0.2) is 43.7 Å². The van der Waals surface area contributed by atoms with Crippen LogP contribution in [0.15, 0.2) is 28.3 Å². The van der Waals surface area contributed by atoms with Gasteiger partial charge in [-0.1, -0.05) is 24.1 Å². The van der Waals surface area contributed by atoms with E-state index in [1.807, 2.05) is 24.5 Å². The number of likely N-dealkylation sites (tertiary alicyclic amines) is 1. The van der Waals surface area contributed by atoms with E-state index in [9.17, 15) is 0 Å². The van der Waals surface area contributed by atoms with Crippen molar-refractivity contribution >= 4 is 17.6 Å². The summed E-state index contributed by atoms with van der Waals surface area (Å²) in [7, 11) is 1.68. The Morgan fingerprint density at radius 2 is 2.00 bits per heavy atom. The monoisotopic (exact) mass is 337 g/mol. The standard InChI is InChI=1S/C17H27N3O2S/c1-21-15-11-14(7-8-16(15)23-2)13-22-19-17(18)12-20-9-5-3-4-6-10-20/h7-8,11H,3-6,9-10,12-13H2,1-2H3,(H2,18,19). The molecule has 0 aliphatic carbocycles. The number of amidine groups is 1. The van der Waals surface area contributed by atoms with Crippen LogP contribution in [0.25, 0.3) is 0 Å². The van der Waals surface area contributed by atoms with E-state index in [-0.39, 0.29) is 0 Å². The van der Waals surface area contributed by atoms with E-state index in [0.29, 0.717) is 19.0 Å². The number of benzene rings is 1. The lowest BCUT2D eigenvalue weighted by molar-refractivity contribution is 0.128. The van der Waals surface area contributed by atoms with E-state index in [1.165, 1.54) is 25.7 Å². The summed E-state index contributed by atoms with van der Waals surface area (Å²) in [5.41, 5.74) is 7.00. The van der Waals surface area contributed by atoms with Crippen LogP contribution in [0.1, 0.15) is 31.2 Å². The first-order chi connectivity index (χ1) is 11.2. The minimum atomic E-state index is 0.395. The minimum absolute atomic E-state index is 0.395. The molecule has 0 spiro atoms. The van der Waals surface area contributed by atoms with Gasteiger partial charge < -0.3 is 15.3 Å². The molecule has 2 N–H and O–H groups in total. The maximum Gasteiger partial charge on any atom is 0.153 e. The third-order valence-corrected chi connectivity index (χ3v) is 4.72. The molecule has 1 fully saturated rings. The predicted octanol–water partition coefficient (Wildman–Crippen LogP) is 3.08. The molecule has 1 aliphatic rings. The highest BCUT2D eigenvalue weighted by Crippen LogP contribution is 2.28. The van der Waals surface area contributed by atoms with Gasteiger partial charge in [0.2, 0.25) is 0 Å². The van der Waals surface area contributed by atoms with Crippen LogP contribution in [0.2, 0.25) is 0 Å². The first-order valence-corrected chi connectivity index (χ1v) is 9.33. The van der Waals surface area contributed by atoms with E-state index >= 15 is 0 Å². The van der Waals surface area contributed by atoms with Gasteiger partial charge >= 0.3 is 0 Å². The fourth-order valence-corrected chi connectivity index (χ4v) is 3.26. The maximum absolute atomic E-state index is 5.98. The molecule has 1 heterocycles. The van der Waals surface area contributed by atoms with Gasteiger partial charge in [-0.25, -0.2) is 0 Å². The third-order valence-electron chi connectivity index (χ3n) is 3.95. The third kappa shape index (κ3) is 5.95. The fourth-order valence-electron chi connectivity index (χ4n) is 2.71. The normalized spacial score (nSPS) is 16.9. The number of rotatable bonds is 7. The molecular weight excluding hydrogens is 310 g/mol. The Morgan fingerprint density at radius 3 is 2.65 bits per heavy atom. The van der Waals surface area contributed by atoms with Gasteiger partial charge in [-0.2, -0.15) is 0 Å². The van der Waals surface area contributed by atoms with Gasteiger partial charge in [0, 0.05) is 4.90 Å². The van der Waals surface area contributed by atoms with Crippen LogP contribution in [0.4, 0.5) is 0 Å². The number of nitrogens with two attached hydrogens (primary N) is 1. The van der Waals surface area contributed by atoms with Crippen LogP contribution in [-0.2, 0) is 11.4 Å². The highest BCUT2D eigenvalue weighted by molar-refractivity contribution is 7.98. The largest absolute Gasteiger partial charge is 0.496 e. The zero-order valence-corrected chi connectivity index (χ0v) is 14.9. The van der Waals surface area contributed by atoms with E-state index in [4.69, 9.17) is 15.3 Å². The van der Waals surface area contributed by atoms with Crippen LogP contribution in [0.5, 0.6) is 5.75 Å². The molecule has 0 aromatic heterocycles. The van der Waals surface area contributed by atoms with E-state index in [2.05, 4.69) is 10.1 Å². The lowest BCUT2D eigenvalue weighted by Crippen LogP contribution is -2.34. The average Bonchev–Trinajstić information content (AvgIpc) is 2.83. The predicted molar refractivity (Wildman–Crippen MR) is 96.1 cm³/mol. The summed E-state index contributed by atoms with van der Waals surface area (Å²) in [5.74, 6) is 1.40. The summed E-state index contributed by atoms with van der Waals surface area (Å²) in [4.78, 5) is 8.87. The summed E-state index contributed by atoms with van der Waals surface area (Å²) < 4.78 is 5.37. The second-order valence-electron chi connectivity index (χ2n) is 5.74. The molecule has 5 nitrogen and oxygen atoms in total. The topological polar surface area (TPSA) is 60.1 Å².